The molecule has 5 heteroatoms. The van der Waals surface area contributed by atoms with Gasteiger partial charge >= 0.3 is 5.97 Å². The van der Waals surface area contributed by atoms with Crippen molar-refractivity contribution in [2.24, 2.45) is 0 Å². The fourth-order valence-corrected chi connectivity index (χ4v) is 2.59. The van der Waals surface area contributed by atoms with Crippen LogP contribution in [0.5, 0.6) is 5.75 Å². The van der Waals surface area contributed by atoms with Gasteiger partial charge in [-0.1, -0.05) is 42.8 Å². The first-order chi connectivity index (χ1) is 12.9. The molecule has 0 radical (unpaired) electrons. The Labute approximate surface area is 160 Å². The number of carbonyl (C=O) groups is 2. The van der Waals surface area contributed by atoms with Crippen molar-refractivity contribution in [1.29, 1.82) is 0 Å². The maximum atomic E-state index is 12.1. The molecule has 1 N–H and O–H groups in total. The highest BCUT2D eigenvalue weighted by atomic mass is 16.6. The Morgan fingerprint density at radius 1 is 0.963 bits per heavy atom. The SMILES string of the molecule is CC[C@H](NC(=O)COC(=O)COc1ccc(C)c(C)c1)c1ccc(C)cc1. The van der Waals surface area contributed by atoms with E-state index in [2.05, 4.69) is 5.32 Å². The lowest BCUT2D eigenvalue weighted by molar-refractivity contribution is -0.150. The molecule has 0 spiro atoms. The predicted octanol–water partition coefficient (Wildman–Crippen LogP) is 3.80. The van der Waals surface area contributed by atoms with Crippen LogP contribution in [0.2, 0.25) is 0 Å². The summed E-state index contributed by atoms with van der Waals surface area (Å²) in [7, 11) is 0. The molecule has 2 rings (SSSR count). The number of nitrogens with one attached hydrogen (secondary N) is 1. The van der Waals surface area contributed by atoms with Crippen LogP contribution in [-0.4, -0.2) is 25.1 Å². The molecule has 2 aromatic rings. The fourth-order valence-electron chi connectivity index (χ4n) is 2.59. The molecule has 0 fully saturated rings. The summed E-state index contributed by atoms with van der Waals surface area (Å²) in [5.74, 6) is -0.307. The average molecular weight is 369 g/mol. The van der Waals surface area contributed by atoms with Gasteiger partial charge < -0.3 is 14.8 Å². The van der Waals surface area contributed by atoms with E-state index < -0.39 is 5.97 Å². The molecule has 0 aliphatic rings. The van der Waals surface area contributed by atoms with E-state index in [4.69, 9.17) is 9.47 Å². The van der Waals surface area contributed by atoms with E-state index in [1.807, 2.05) is 64.1 Å². The van der Waals surface area contributed by atoms with Gasteiger partial charge in [0.25, 0.3) is 5.91 Å². The lowest BCUT2D eigenvalue weighted by Crippen LogP contribution is -2.32. The van der Waals surface area contributed by atoms with Crippen LogP contribution >= 0.6 is 0 Å². The molecule has 5 nitrogen and oxygen atoms in total. The third-order valence-corrected chi connectivity index (χ3v) is 4.42. The molecule has 0 aliphatic carbocycles. The highest BCUT2D eigenvalue weighted by Gasteiger charge is 2.14. The van der Waals surface area contributed by atoms with Gasteiger partial charge in [0.15, 0.2) is 13.2 Å². The molecule has 0 saturated heterocycles. The second-order valence-corrected chi connectivity index (χ2v) is 6.63. The first-order valence-corrected chi connectivity index (χ1v) is 9.10. The summed E-state index contributed by atoms with van der Waals surface area (Å²) in [6, 6.07) is 13.5. The lowest BCUT2D eigenvalue weighted by Gasteiger charge is -2.17. The largest absolute Gasteiger partial charge is 0.482 e. The highest BCUT2D eigenvalue weighted by molar-refractivity contribution is 5.81. The minimum Gasteiger partial charge on any atom is -0.482 e. The number of benzene rings is 2. The number of hydrogen-bond acceptors (Lipinski definition) is 4. The molecule has 144 valence electrons. The van der Waals surface area contributed by atoms with Gasteiger partial charge in [-0.2, -0.15) is 0 Å². The van der Waals surface area contributed by atoms with Gasteiger partial charge in [-0.3, -0.25) is 4.79 Å². The van der Waals surface area contributed by atoms with E-state index in [9.17, 15) is 9.59 Å². The van der Waals surface area contributed by atoms with E-state index in [0.717, 1.165) is 28.7 Å². The summed E-state index contributed by atoms with van der Waals surface area (Å²) in [6.45, 7) is 7.44. The quantitative estimate of drug-likeness (QED) is 0.719. The number of hydrogen-bond donors (Lipinski definition) is 1. The zero-order valence-electron chi connectivity index (χ0n) is 16.4. The minimum atomic E-state index is -0.577. The second kappa shape index (κ2) is 9.76. The topological polar surface area (TPSA) is 64.6 Å². The summed E-state index contributed by atoms with van der Waals surface area (Å²) in [5, 5.41) is 2.89. The van der Waals surface area contributed by atoms with E-state index in [0.29, 0.717) is 5.75 Å². The number of rotatable bonds is 8. The Balaban J connectivity index is 1.77. The highest BCUT2D eigenvalue weighted by Crippen LogP contribution is 2.17. The molecule has 0 aliphatic heterocycles. The van der Waals surface area contributed by atoms with E-state index in [-0.39, 0.29) is 25.2 Å². The van der Waals surface area contributed by atoms with Crippen LogP contribution in [-0.2, 0) is 14.3 Å². The third-order valence-electron chi connectivity index (χ3n) is 4.42. The molecular weight excluding hydrogens is 342 g/mol. The maximum absolute atomic E-state index is 12.1. The van der Waals surface area contributed by atoms with Gasteiger partial charge in [-0.25, -0.2) is 4.79 Å². The van der Waals surface area contributed by atoms with E-state index in [1.54, 1.807) is 6.07 Å². The van der Waals surface area contributed by atoms with E-state index >= 15 is 0 Å². The van der Waals surface area contributed by atoms with Crippen molar-refractivity contribution in [1.82, 2.24) is 5.32 Å². The lowest BCUT2D eigenvalue weighted by atomic mass is 10.0. The van der Waals surface area contributed by atoms with Crippen LogP contribution in [0.4, 0.5) is 0 Å². The number of ether oxygens (including phenoxy) is 2. The Hall–Kier alpha value is -2.82. The van der Waals surface area contributed by atoms with Gasteiger partial charge in [-0.15, -0.1) is 0 Å². The van der Waals surface area contributed by atoms with Gasteiger partial charge in [0.1, 0.15) is 5.75 Å². The molecule has 0 heterocycles. The Bertz CT molecular complexity index is 783. The van der Waals surface area contributed by atoms with Gasteiger partial charge in [0.05, 0.1) is 6.04 Å². The predicted molar refractivity (Wildman–Crippen MR) is 105 cm³/mol. The van der Waals surface area contributed by atoms with Crippen molar-refractivity contribution in [2.75, 3.05) is 13.2 Å². The molecule has 1 amide bonds. The van der Waals surface area contributed by atoms with Crippen molar-refractivity contribution in [3.05, 3.63) is 64.7 Å². The second-order valence-electron chi connectivity index (χ2n) is 6.63. The number of aryl methyl sites for hydroxylation is 3. The molecule has 1 atom stereocenters. The summed E-state index contributed by atoms with van der Waals surface area (Å²) >= 11 is 0. The molecule has 2 aromatic carbocycles. The smallest absolute Gasteiger partial charge is 0.344 e. The van der Waals surface area contributed by atoms with E-state index in [1.165, 1.54) is 0 Å². The molecule has 27 heavy (non-hydrogen) atoms. The summed E-state index contributed by atoms with van der Waals surface area (Å²) in [6.07, 6.45) is 0.749. The Morgan fingerprint density at radius 2 is 1.67 bits per heavy atom. The van der Waals surface area contributed by atoms with Crippen molar-refractivity contribution in [3.8, 4) is 5.75 Å². The van der Waals surface area contributed by atoms with Crippen molar-refractivity contribution >= 4 is 11.9 Å². The average Bonchev–Trinajstić information content (AvgIpc) is 2.66. The molecular formula is C22H27NO4. The normalized spacial score (nSPS) is 11.6. The third kappa shape index (κ3) is 6.44. The first kappa shape index (κ1) is 20.5. The molecule has 0 unspecified atom stereocenters. The maximum Gasteiger partial charge on any atom is 0.344 e. The van der Waals surface area contributed by atoms with Gasteiger partial charge in [-0.05, 0) is 56.0 Å². The van der Waals surface area contributed by atoms with Crippen LogP contribution in [0.3, 0.4) is 0 Å². The van der Waals surface area contributed by atoms with Gasteiger partial charge in [0, 0.05) is 0 Å². The minimum absolute atomic E-state index is 0.108. The number of carbonyl (C=O) groups excluding carboxylic acids is 2. The molecule has 0 aromatic heterocycles. The Morgan fingerprint density at radius 3 is 2.30 bits per heavy atom. The summed E-state index contributed by atoms with van der Waals surface area (Å²) in [5.41, 5.74) is 4.43. The van der Waals surface area contributed by atoms with Crippen molar-refractivity contribution in [3.63, 3.8) is 0 Å². The summed E-state index contributed by atoms with van der Waals surface area (Å²) < 4.78 is 10.4. The standard InChI is InChI=1S/C22H27NO4/c1-5-20(18-9-6-15(2)7-10-18)23-21(24)13-27-22(25)14-26-19-11-8-16(3)17(4)12-19/h6-12,20H,5,13-14H2,1-4H3,(H,23,24)/t20-/m0/s1. The summed E-state index contributed by atoms with van der Waals surface area (Å²) in [4.78, 5) is 23.9. The fraction of sp³-hybridized carbons (Fsp3) is 0.364. The first-order valence-electron chi connectivity index (χ1n) is 9.10. The zero-order valence-corrected chi connectivity index (χ0v) is 16.4. The number of esters is 1. The number of amides is 1. The van der Waals surface area contributed by atoms with Gasteiger partial charge in [0.2, 0.25) is 0 Å². The van der Waals surface area contributed by atoms with Crippen molar-refractivity contribution < 1.29 is 19.1 Å². The van der Waals surface area contributed by atoms with Crippen LogP contribution in [0, 0.1) is 20.8 Å². The zero-order chi connectivity index (χ0) is 19.8. The monoisotopic (exact) mass is 369 g/mol. The van der Waals surface area contributed by atoms with Crippen LogP contribution < -0.4 is 10.1 Å². The van der Waals surface area contributed by atoms with Crippen LogP contribution in [0.15, 0.2) is 42.5 Å². The van der Waals surface area contributed by atoms with Crippen molar-refractivity contribution in [2.45, 2.75) is 40.2 Å². The van der Waals surface area contributed by atoms with Crippen LogP contribution in [0.25, 0.3) is 0 Å². The Kier molecular flexibility index (Phi) is 7.41. The molecule has 0 saturated carbocycles. The molecule has 0 bridgehead atoms. The van der Waals surface area contributed by atoms with Crippen LogP contribution in [0.1, 0.15) is 41.6 Å².